The molecule has 3 rings (SSSR count). The first-order valence-electron chi connectivity index (χ1n) is 6.79. The number of terminal acetylenes is 1. The summed E-state index contributed by atoms with van der Waals surface area (Å²) in [5.41, 5.74) is 7.84. The van der Waals surface area contributed by atoms with Crippen LogP contribution in [-0.2, 0) is 6.54 Å². The highest BCUT2D eigenvalue weighted by atomic mass is 35.5. The molecule has 1 aromatic carbocycles. The predicted molar refractivity (Wildman–Crippen MR) is 84.4 cm³/mol. The van der Waals surface area contributed by atoms with Crippen molar-refractivity contribution >= 4 is 17.4 Å². The van der Waals surface area contributed by atoms with Crippen LogP contribution >= 0.6 is 11.6 Å². The van der Waals surface area contributed by atoms with Crippen molar-refractivity contribution in [3.05, 3.63) is 29.0 Å². The summed E-state index contributed by atoms with van der Waals surface area (Å²) in [5.74, 6) is 5.32. The molecule has 1 heterocycles. The molecule has 1 aliphatic rings. The lowest BCUT2D eigenvalue weighted by Gasteiger charge is -2.06. The maximum atomic E-state index is 6.24. The molecule has 0 amide bonds. The first kappa shape index (κ1) is 13.8. The lowest BCUT2D eigenvalue weighted by Crippen LogP contribution is -2.05. The molecule has 1 aliphatic carbocycles. The highest BCUT2D eigenvalue weighted by Crippen LogP contribution is 2.42. The van der Waals surface area contributed by atoms with Crippen LogP contribution in [0.5, 0.6) is 5.75 Å². The number of anilines is 1. The minimum absolute atomic E-state index is 0.439. The Kier molecular flexibility index (Phi) is 3.52. The summed E-state index contributed by atoms with van der Waals surface area (Å²) in [7, 11) is 1.59. The van der Waals surface area contributed by atoms with Gasteiger partial charge in [0.25, 0.3) is 0 Å². The monoisotopic (exact) mass is 301 g/mol. The second-order valence-electron chi connectivity index (χ2n) is 5.12. The van der Waals surface area contributed by atoms with E-state index in [2.05, 4.69) is 5.92 Å². The molecule has 108 valence electrons. The van der Waals surface area contributed by atoms with Gasteiger partial charge in [0.1, 0.15) is 23.1 Å². The molecule has 2 N–H and O–H groups in total. The summed E-state index contributed by atoms with van der Waals surface area (Å²) < 4.78 is 7.09. The number of nitrogen functional groups attached to an aromatic ring is 1. The zero-order chi connectivity index (χ0) is 15.0. The van der Waals surface area contributed by atoms with Gasteiger partial charge in [0.15, 0.2) is 0 Å². The summed E-state index contributed by atoms with van der Waals surface area (Å²) in [6, 6.07) is 5.53. The number of hydrogen-bond acceptors (Lipinski definition) is 3. The highest BCUT2D eigenvalue weighted by Gasteiger charge is 2.30. The Morgan fingerprint density at radius 2 is 2.29 bits per heavy atom. The van der Waals surface area contributed by atoms with E-state index in [0.717, 1.165) is 29.9 Å². The van der Waals surface area contributed by atoms with E-state index in [-0.39, 0.29) is 0 Å². The van der Waals surface area contributed by atoms with E-state index in [9.17, 15) is 0 Å². The lowest BCUT2D eigenvalue weighted by molar-refractivity contribution is 0.415. The van der Waals surface area contributed by atoms with Crippen LogP contribution < -0.4 is 10.5 Å². The molecule has 0 radical (unpaired) electrons. The summed E-state index contributed by atoms with van der Waals surface area (Å²) in [4.78, 5) is 4.70. The maximum absolute atomic E-state index is 6.24. The number of rotatable bonds is 4. The van der Waals surface area contributed by atoms with Crippen molar-refractivity contribution in [2.75, 3.05) is 12.8 Å². The number of nitrogens with zero attached hydrogens (tertiary/aromatic N) is 2. The van der Waals surface area contributed by atoms with Crippen LogP contribution in [0.1, 0.15) is 24.6 Å². The van der Waals surface area contributed by atoms with E-state index in [1.165, 1.54) is 0 Å². The SMILES string of the molecule is C#CCn1c(C2CC2)nc(-c2ccc(OC)c(Cl)c2)c1N. The second-order valence-corrected chi connectivity index (χ2v) is 5.52. The molecular formula is C16H16ClN3O. The minimum Gasteiger partial charge on any atom is -0.495 e. The van der Waals surface area contributed by atoms with Gasteiger partial charge in [-0.1, -0.05) is 17.5 Å². The number of benzene rings is 1. The number of aromatic nitrogens is 2. The molecule has 4 nitrogen and oxygen atoms in total. The first-order valence-corrected chi connectivity index (χ1v) is 7.16. The fourth-order valence-corrected chi connectivity index (χ4v) is 2.68. The van der Waals surface area contributed by atoms with Crippen LogP contribution in [0.2, 0.25) is 5.02 Å². The number of hydrogen-bond donors (Lipinski definition) is 1. The summed E-state index contributed by atoms with van der Waals surface area (Å²) in [6.45, 7) is 0.439. The summed E-state index contributed by atoms with van der Waals surface area (Å²) in [6.07, 6.45) is 7.72. The van der Waals surface area contributed by atoms with Gasteiger partial charge in [0.05, 0.1) is 18.7 Å². The van der Waals surface area contributed by atoms with Gasteiger partial charge in [0, 0.05) is 11.5 Å². The van der Waals surface area contributed by atoms with Crippen LogP contribution in [0.15, 0.2) is 18.2 Å². The van der Waals surface area contributed by atoms with Gasteiger partial charge >= 0.3 is 0 Å². The molecule has 0 bridgehead atoms. The highest BCUT2D eigenvalue weighted by molar-refractivity contribution is 6.32. The van der Waals surface area contributed by atoms with Crippen LogP contribution in [-0.4, -0.2) is 16.7 Å². The molecule has 0 spiro atoms. The first-order chi connectivity index (χ1) is 10.2. The Hall–Kier alpha value is -2.12. The molecule has 1 aromatic heterocycles. The molecule has 5 heteroatoms. The molecule has 0 aliphatic heterocycles. The van der Waals surface area contributed by atoms with Crippen LogP contribution in [0.4, 0.5) is 5.82 Å². The van der Waals surface area contributed by atoms with Gasteiger partial charge in [-0.3, -0.25) is 0 Å². The quantitative estimate of drug-likeness (QED) is 0.882. The normalized spacial score (nSPS) is 14.0. The van der Waals surface area contributed by atoms with Crippen molar-refractivity contribution in [2.45, 2.75) is 25.3 Å². The van der Waals surface area contributed by atoms with Gasteiger partial charge < -0.3 is 15.0 Å². The average Bonchev–Trinajstić information content (AvgIpc) is 3.26. The molecule has 1 fully saturated rings. The van der Waals surface area contributed by atoms with Gasteiger partial charge in [-0.05, 0) is 31.0 Å². The Morgan fingerprint density at radius 1 is 1.52 bits per heavy atom. The van der Waals surface area contributed by atoms with E-state index in [4.69, 9.17) is 33.5 Å². The number of ether oxygens (including phenoxy) is 1. The van der Waals surface area contributed by atoms with E-state index in [0.29, 0.717) is 29.1 Å². The lowest BCUT2D eigenvalue weighted by atomic mass is 10.1. The summed E-state index contributed by atoms with van der Waals surface area (Å²) >= 11 is 6.18. The van der Waals surface area contributed by atoms with E-state index in [1.807, 2.05) is 22.8 Å². The van der Waals surface area contributed by atoms with Crippen LogP contribution in [0, 0.1) is 12.3 Å². The van der Waals surface area contributed by atoms with Crippen molar-refractivity contribution in [2.24, 2.45) is 0 Å². The third-order valence-corrected chi connectivity index (χ3v) is 3.95. The topological polar surface area (TPSA) is 53.1 Å². The number of halogens is 1. The van der Waals surface area contributed by atoms with Crippen molar-refractivity contribution < 1.29 is 4.74 Å². The van der Waals surface area contributed by atoms with Crippen molar-refractivity contribution in [3.63, 3.8) is 0 Å². The molecule has 0 saturated heterocycles. The largest absolute Gasteiger partial charge is 0.495 e. The molecule has 21 heavy (non-hydrogen) atoms. The van der Waals surface area contributed by atoms with Gasteiger partial charge in [0.2, 0.25) is 0 Å². The van der Waals surface area contributed by atoms with E-state index < -0.39 is 0 Å². The van der Waals surface area contributed by atoms with Crippen molar-refractivity contribution in [1.82, 2.24) is 9.55 Å². The fraction of sp³-hybridized carbons (Fsp3) is 0.312. The molecule has 0 unspecified atom stereocenters. The molecule has 0 atom stereocenters. The molecule has 2 aromatic rings. The fourth-order valence-electron chi connectivity index (χ4n) is 2.42. The van der Waals surface area contributed by atoms with Gasteiger partial charge in [-0.2, -0.15) is 0 Å². The Balaban J connectivity index is 2.08. The Bertz CT molecular complexity index is 726. The predicted octanol–water partition coefficient (Wildman–Crippen LogP) is 3.30. The number of imidazole rings is 1. The van der Waals surface area contributed by atoms with Crippen molar-refractivity contribution in [1.29, 1.82) is 0 Å². The smallest absolute Gasteiger partial charge is 0.137 e. The van der Waals surface area contributed by atoms with Gasteiger partial charge in [-0.25, -0.2) is 4.98 Å². The van der Waals surface area contributed by atoms with E-state index in [1.54, 1.807) is 7.11 Å². The van der Waals surface area contributed by atoms with E-state index >= 15 is 0 Å². The Labute approximate surface area is 128 Å². The third-order valence-electron chi connectivity index (χ3n) is 3.65. The van der Waals surface area contributed by atoms with Gasteiger partial charge in [-0.15, -0.1) is 6.42 Å². The zero-order valence-corrected chi connectivity index (χ0v) is 12.5. The average molecular weight is 302 g/mol. The number of nitrogens with two attached hydrogens (primary N) is 1. The van der Waals surface area contributed by atoms with Crippen LogP contribution in [0.3, 0.4) is 0 Å². The maximum Gasteiger partial charge on any atom is 0.137 e. The second kappa shape index (κ2) is 5.34. The summed E-state index contributed by atoms with van der Waals surface area (Å²) in [5, 5.41) is 0.536. The zero-order valence-electron chi connectivity index (χ0n) is 11.8. The molecular weight excluding hydrogens is 286 g/mol. The number of methoxy groups -OCH3 is 1. The molecule has 1 saturated carbocycles. The van der Waals surface area contributed by atoms with Crippen molar-refractivity contribution in [3.8, 4) is 29.4 Å². The van der Waals surface area contributed by atoms with Crippen LogP contribution in [0.25, 0.3) is 11.3 Å². The third kappa shape index (κ3) is 2.45. The minimum atomic E-state index is 0.439. The standard InChI is InChI=1S/C16H16ClN3O/c1-3-8-20-15(18)14(19-16(20)10-4-5-10)11-6-7-13(21-2)12(17)9-11/h1,6-7,9-10H,4-5,8,18H2,2H3. The Morgan fingerprint density at radius 3 is 2.86 bits per heavy atom.